The Bertz CT molecular complexity index is 2240. The average molecular weight is 866 g/mol. The Kier molecular flexibility index (Phi) is 19.6. The maximum atomic E-state index is 12.8. The summed E-state index contributed by atoms with van der Waals surface area (Å²) >= 11 is 0. The monoisotopic (exact) mass is 866 g/mol. The Morgan fingerprint density at radius 3 is 2.60 bits per heavy atom. The van der Waals surface area contributed by atoms with Gasteiger partial charge >= 0.3 is 0 Å². The number of nitrogens with one attached hydrogen (secondary N) is 1. The number of fused-ring (bicyclic) bond motifs is 1. The highest BCUT2D eigenvalue weighted by Crippen LogP contribution is 2.35. The second-order valence-corrected chi connectivity index (χ2v) is 16.4. The molecule has 1 amide bonds. The molecule has 0 bridgehead atoms. The van der Waals surface area contributed by atoms with Crippen molar-refractivity contribution in [1.82, 2.24) is 29.1 Å². The van der Waals surface area contributed by atoms with E-state index in [0.717, 1.165) is 117 Å². The molecule has 3 N–H and O–H groups in total. The molecule has 2 aliphatic rings. The van der Waals surface area contributed by atoms with Gasteiger partial charge in [-0.15, -0.1) is 19.7 Å². The van der Waals surface area contributed by atoms with E-state index in [2.05, 4.69) is 89.6 Å². The Morgan fingerprint density at radius 2 is 1.94 bits per heavy atom. The van der Waals surface area contributed by atoms with Crippen LogP contribution in [0.2, 0.25) is 0 Å². The number of carbonyl (C=O) groups excluding carboxylic acids is 2. The number of pyridine rings is 2. The Morgan fingerprint density at radius 1 is 1.16 bits per heavy atom. The van der Waals surface area contributed by atoms with Crippen molar-refractivity contribution < 1.29 is 23.8 Å². The molecule has 342 valence electrons. The van der Waals surface area contributed by atoms with E-state index >= 15 is 0 Å². The van der Waals surface area contributed by atoms with Gasteiger partial charge in [0.2, 0.25) is 5.91 Å². The van der Waals surface area contributed by atoms with Crippen LogP contribution in [0.3, 0.4) is 0 Å². The first-order valence-corrected chi connectivity index (χ1v) is 22.1. The van der Waals surface area contributed by atoms with Gasteiger partial charge in [-0.2, -0.15) is 0 Å². The first-order chi connectivity index (χ1) is 30.3. The van der Waals surface area contributed by atoms with Crippen LogP contribution in [0.25, 0.3) is 21.9 Å². The van der Waals surface area contributed by atoms with Crippen LogP contribution in [0.5, 0.6) is 5.75 Å². The second-order valence-electron chi connectivity index (χ2n) is 16.4. The van der Waals surface area contributed by atoms with E-state index in [9.17, 15) is 14.4 Å². The van der Waals surface area contributed by atoms with Gasteiger partial charge in [0.1, 0.15) is 12.0 Å². The van der Waals surface area contributed by atoms with Crippen LogP contribution in [0.15, 0.2) is 96.9 Å². The lowest BCUT2D eigenvalue weighted by Crippen LogP contribution is -2.38. The number of unbranched alkanes of at least 4 members (excludes halogenated alkanes) is 2. The fraction of sp³-hybridized carbons (Fsp3) is 0.480. The zero-order chi connectivity index (χ0) is 46.1. The lowest BCUT2D eigenvalue weighted by Gasteiger charge is -2.29. The van der Waals surface area contributed by atoms with Crippen molar-refractivity contribution in [2.75, 3.05) is 33.9 Å². The third kappa shape index (κ3) is 13.3. The molecule has 13 heteroatoms. The van der Waals surface area contributed by atoms with Gasteiger partial charge in [-0.1, -0.05) is 25.1 Å². The van der Waals surface area contributed by atoms with E-state index in [4.69, 9.17) is 19.9 Å². The summed E-state index contributed by atoms with van der Waals surface area (Å²) in [6, 6.07) is 5.89. The average Bonchev–Trinajstić information content (AvgIpc) is 3.75. The number of ether oxygens (including phenoxy) is 3. The molecule has 0 saturated carbocycles. The van der Waals surface area contributed by atoms with E-state index in [-0.39, 0.29) is 29.2 Å². The molecule has 1 saturated heterocycles. The molecule has 4 heterocycles. The zero-order valence-corrected chi connectivity index (χ0v) is 38.8. The number of methoxy groups -OCH3 is 1. The minimum atomic E-state index is -0.386. The van der Waals surface area contributed by atoms with Crippen LogP contribution < -0.4 is 21.3 Å². The number of allylic oxidation sites excluding steroid dienone is 3. The van der Waals surface area contributed by atoms with E-state index in [1.807, 2.05) is 25.3 Å². The third-order valence-electron chi connectivity index (χ3n) is 11.9. The number of nitrogens with two attached hydrogens (primary N) is 1. The van der Waals surface area contributed by atoms with Crippen LogP contribution in [0, 0.1) is 0 Å². The molecule has 0 spiro atoms. The van der Waals surface area contributed by atoms with Gasteiger partial charge in [-0.25, -0.2) is 0 Å². The second kappa shape index (κ2) is 24.5. The molecule has 1 aliphatic heterocycles. The number of carbonyl (C=O) groups is 2. The molecular formula is C50H71N7O6. The highest BCUT2D eigenvalue weighted by atomic mass is 16.5. The normalized spacial score (nSPS) is 17.7. The van der Waals surface area contributed by atoms with E-state index < -0.39 is 0 Å². The summed E-state index contributed by atoms with van der Waals surface area (Å²) < 4.78 is 24.7. The first kappa shape index (κ1) is 50.3. The zero-order valence-electron chi connectivity index (χ0n) is 38.8. The van der Waals surface area contributed by atoms with Gasteiger partial charge in [0, 0.05) is 95.4 Å². The molecule has 1 fully saturated rings. The van der Waals surface area contributed by atoms with Crippen molar-refractivity contribution in [2.45, 2.75) is 110 Å². The maximum Gasteiger partial charge on any atom is 0.259 e. The lowest BCUT2D eigenvalue weighted by atomic mass is 9.89. The summed E-state index contributed by atoms with van der Waals surface area (Å²) in [6.45, 7) is 20.8. The standard InChI is InChI=1S/C41H53N5O5.C7H14N2O.C2H4/c1-7-30-19-32(37-25-43(4)40(48)36-22-42-15-12-35(36)37)20-39(49-6)38(30)26-45-17-13-34(24-45)50-28-33-23-46(44(33)5)16-9-8-10-18-51-41(3)14-11-31(27-47)29(2)21-41;1-3-4-5-6(8)7(10)9-2;1-2/h11-12,15,19-23,25,27,34H,7-10,13-14,16-18,24,26,28H2,1-6H3;3,6H,1,4-5,8H2,2H3,(H,9,10);1-2H2. The molecule has 4 aromatic rings. The molecule has 6 rings (SSSR count). The molecule has 63 heavy (non-hydrogen) atoms. The van der Waals surface area contributed by atoms with Crippen molar-refractivity contribution in [3.8, 4) is 16.9 Å². The van der Waals surface area contributed by atoms with Crippen molar-refractivity contribution in [3.05, 3.63) is 119 Å². The van der Waals surface area contributed by atoms with E-state index in [1.165, 1.54) is 16.8 Å². The van der Waals surface area contributed by atoms with Crippen LogP contribution in [-0.2, 0) is 59.3 Å². The molecule has 13 nitrogen and oxygen atoms in total. The number of likely N-dealkylation sites (tertiary alicyclic amines) is 1. The highest BCUT2D eigenvalue weighted by Gasteiger charge is 2.27. The third-order valence-corrected chi connectivity index (χ3v) is 11.9. The number of benzene rings is 1. The van der Waals surface area contributed by atoms with Crippen molar-refractivity contribution in [1.29, 1.82) is 0 Å². The topological polar surface area (TPSA) is 148 Å². The van der Waals surface area contributed by atoms with Crippen molar-refractivity contribution >= 4 is 23.0 Å². The molecular weight excluding hydrogens is 795 g/mol. The Hall–Kier alpha value is -5.34. The molecule has 3 atom stereocenters. The predicted molar refractivity (Wildman–Crippen MR) is 254 cm³/mol. The van der Waals surface area contributed by atoms with Gasteiger partial charge in [-0.3, -0.25) is 33.6 Å². The number of aromatic nitrogens is 4. The minimum Gasteiger partial charge on any atom is -0.496 e. The van der Waals surface area contributed by atoms with Crippen LogP contribution in [0.1, 0.15) is 82.5 Å². The van der Waals surface area contributed by atoms with Crippen LogP contribution in [0.4, 0.5) is 0 Å². The van der Waals surface area contributed by atoms with Gasteiger partial charge in [0.15, 0.2) is 0 Å². The number of aldehydes is 1. The first-order valence-electron chi connectivity index (χ1n) is 22.1. The minimum absolute atomic E-state index is 0.0505. The fourth-order valence-corrected chi connectivity index (χ4v) is 8.16. The van der Waals surface area contributed by atoms with Crippen molar-refractivity contribution in [3.63, 3.8) is 0 Å². The fourth-order valence-electron chi connectivity index (χ4n) is 8.16. The molecule has 3 aromatic heterocycles. The Labute approximate surface area is 374 Å². The number of likely N-dealkylation sites (N-methyl/N-ethyl adjacent to an activating group) is 1. The summed E-state index contributed by atoms with van der Waals surface area (Å²) in [7, 11) is 7.22. The SMILES string of the molecule is C=C.C=CCCC(N)C(=O)NC.CCc1cc(-c2cn(C)c(=O)c3cnccc23)cc(OC)c1CN1CCC(OCc2cn(CCCCCOC3(C)C=C(C)C(C=O)=CC3)n2C)C1. The number of aryl methyl sites for hydroxylation is 3. The van der Waals surface area contributed by atoms with Gasteiger partial charge < -0.3 is 29.8 Å². The quantitative estimate of drug-likeness (QED) is 0.0529. The molecule has 0 radical (unpaired) electrons. The summed E-state index contributed by atoms with van der Waals surface area (Å²) in [5.41, 5.74) is 12.6. The summed E-state index contributed by atoms with van der Waals surface area (Å²) in [5, 5.41) is 3.99. The predicted octanol–water partition coefficient (Wildman–Crippen LogP) is 7.35. The highest BCUT2D eigenvalue weighted by molar-refractivity contribution is 5.95. The van der Waals surface area contributed by atoms with Gasteiger partial charge in [0.05, 0.1) is 42.5 Å². The maximum absolute atomic E-state index is 12.8. The number of amides is 1. The molecule has 3 unspecified atom stereocenters. The summed E-state index contributed by atoms with van der Waals surface area (Å²) in [6.07, 6.45) is 21.7. The number of hydrogen-bond acceptors (Lipinski definition) is 9. The number of rotatable bonds is 20. The van der Waals surface area contributed by atoms with E-state index in [0.29, 0.717) is 18.4 Å². The number of nitrogens with zero attached hydrogens (tertiary/aromatic N) is 5. The van der Waals surface area contributed by atoms with Gasteiger partial charge in [-0.05, 0) is 106 Å². The summed E-state index contributed by atoms with van der Waals surface area (Å²) in [5.74, 6) is 0.762. The Balaban J connectivity index is 0.000000641. The smallest absolute Gasteiger partial charge is 0.259 e. The van der Waals surface area contributed by atoms with Gasteiger partial charge in [0.25, 0.3) is 5.56 Å². The summed E-state index contributed by atoms with van der Waals surface area (Å²) in [4.78, 5) is 41.3. The van der Waals surface area contributed by atoms with Crippen molar-refractivity contribution in [2.24, 2.45) is 19.8 Å². The van der Waals surface area contributed by atoms with Crippen LogP contribution >= 0.6 is 0 Å². The molecule has 1 aliphatic carbocycles. The lowest BCUT2D eigenvalue weighted by molar-refractivity contribution is -0.122. The largest absolute Gasteiger partial charge is 0.496 e. The number of hydrogen-bond donors (Lipinski definition) is 2. The van der Waals surface area contributed by atoms with E-state index in [1.54, 1.807) is 44.2 Å². The molecule has 1 aromatic carbocycles. The van der Waals surface area contributed by atoms with Crippen LogP contribution in [-0.4, -0.2) is 87.6 Å².